The van der Waals surface area contributed by atoms with Gasteiger partial charge in [-0.05, 0) is 18.2 Å². The number of halogens is 1. The van der Waals surface area contributed by atoms with Crippen molar-refractivity contribution >= 4 is 38.3 Å². The zero-order chi connectivity index (χ0) is 14.9. The Kier molecular flexibility index (Phi) is 6.31. The predicted molar refractivity (Wildman–Crippen MR) is 98.5 cm³/mol. The number of hydrogen-bond acceptors (Lipinski definition) is 4. The number of fused-ring (bicyclic) bond motifs is 1. The second-order valence-electron chi connectivity index (χ2n) is 5.29. The first kappa shape index (κ1) is 18.8. The molecule has 2 aromatic carbocycles. The standard InChI is InChI=1S/C17H14BrN4.CH3.Os/c18-13-6-7-16-15(10-13)17(20-11-19-16)22-9-8-21(12-22)14-4-2-1-3-5-14;;/h1-2,4-7,10-11H,8-9,12H2;1H3;/q2*-1;+1. The van der Waals surface area contributed by atoms with Crippen LogP contribution in [0.1, 0.15) is 0 Å². The summed E-state index contributed by atoms with van der Waals surface area (Å²) in [5.74, 6) is 0.994. The van der Waals surface area contributed by atoms with Gasteiger partial charge in [-0.2, -0.15) is 24.3 Å². The Balaban J connectivity index is 0.00000104. The number of nitrogens with zero attached hydrogens (tertiary/aromatic N) is 4. The van der Waals surface area contributed by atoms with Crippen LogP contribution in [-0.2, 0) is 19.8 Å². The summed E-state index contributed by atoms with van der Waals surface area (Å²) >= 11 is 3.54. The monoisotopic (exact) mass is 560 g/mol. The third-order valence-electron chi connectivity index (χ3n) is 3.91. The van der Waals surface area contributed by atoms with Crippen molar-refractivity contribution in [1.82, 2.24) is 9.97 Å². The fraction of sp³-hybridized carbons (Fsp3) is 0.167. The van der Waals surface area contributed by atoms with E-state index in [9.17, 15) is 0 Å². The number of benzene rings is 2. The van der Waals surface area contributed by atoms with E-state index in [4.69, 9.17) is 0 Å². The van der Waals surface area contributed by atoms with Crippen LogP contribution in [0.3, 0.4) is 0 Å². The molecule has 0 saturated carbocycles. The van der Waals surface area contributed by atoms with E-state index in [0.29, 0.717) is 0 Å². The van der Waals surface area contributed by atoms with Gasteiger partial charge in [-0.15, -0.1) is 6.07 Å². The molecule has 0 amide bonds. The van der Waals surface area contributed by atoms with Crippen LogP contribution >= 0.6 is 15.9 Å². The maximum Gasteiger partial charge on any atom is 1.00 e. The molecule has 24 heavy (non-hydrogen) atoms. The molecule has 125 valence electrons. The van der Waals surface area contributed by atoms with Crippen LogP contribution < -0.4 is 9.80 Å². The maximum atomic E-state index is 4.52. The Labute approximate surface area is 164 Å². The molecule has 4 nitrogen and oxygen atoms in total. The average Bonchev–Trinajstić information content (AvgIpc) is 3.05. The van der Waals surface area contributed by atoms with Crippen molar-refractivity contribution < 1.29 is 19.8 Å². The number of aromatic nitrogens is 2. The molecule has 0 aliphatic carbocycles. The summed E-state index contributed by atoms with van der Waals surface area (Å²) in [5, 5.41) is 1.08. The smallest absolute Gasteiger partial charge is 0.406 e. The fourth-order valence-electron chi connectivity index (χ4n) is 2.82. The van der Waals surface area contributed by atoms with E-state index in [1.54, 1.807) is 6.33 Å². The largest absolute Gasteiger partial charge is 1.00 e. The van der Waals surface area contributed by atoms with Gasteiger partial charge in [-0.1, -0.05) is 21.6 Å². The van der Waals surface area contributed by atoms with E-state index in [1.807, 2.05) is 30.3 Å². The molecule has 1 aromatic heterocycles. The summed E-state index contributed by atoms with van der Waals surface area (Å²) in [6.45, 7) is 2.77. The third-order valence-corrected chi connectivity index (χ3v) is 4.41. The van der Waals surface area contributed by atoms with Gasteiger partial charge in [0.15, 0.2) is 0 Å². The average molecular weight is 559 g/mol. The summed E-state index contributed by atoms with van der Waals surface area (Å²) in [6.07, 6.45) is 1.64. The molecule has 6 heteroatoms. The Hall–Kier alpha value is -1.50. The number of rotatable bonds is 2. The molecule has 0 bridgehead atoms. The molecule has 0 spiro atoms. The number of anilines is 2. The van der Waals surface area contributed by atoms with Crippen LogP contribution in [0.25, 0.3) is 10.9 Å². The molecule has 0 unspecified atom stereocenters. The first-order valence-corrected chi connectivity index (χ1v) is 7.97. The van der Waals surface area contributed by atoms with Crippen molar-refractivity contribution in [3.05, 3.63) is 66.8 Å². The summed E-state index contributed by atoms with van der Waals surface area (Å²) in [7, 11) is 0. The Bertz CT molecular complexity index is 812. The summed E-state index contributed by atoms with van der Waals surface area (Å²) in [6, 6.07) is 17.3. The van der Waals surface area contributed by atoms with E-state index < -0.39 is 0 Å². The van der Waals surface area contributed by atoms with Crippen LogP contribution in [0.2, 0.25) is 0 Å². The van der Waals surface area contributed by atoms with Gasteiger partial charge in [0, 0.05) is 22.9 Å². The molecule has 1 saturated heterocycles. The van der Waals surface area contributed by atoms with E-state index in [-0.39, 0.29) is 27.2 Å². The molecule has 4 rings (SSSR count). The van der Waals surface area contributed by atoms with Crippen LogP contribution in [-0.4, -0.2) is 29.7 Å². The van der Waals surface area contributed by atoms with Crippen LogP contribution in [0.4, 0.5) is 11.5 Å². The molecule has 1 radical (unpaired) electrons. The van der Waals surface area contributed by atoms with E-state index >= 15 is 0 Å². The summed E-state index contributed by atoms with van der Waals surface area (Å²) in [5.41, 5.74) is 2.17. The minimum Gasteiger partial charge on any atom is -0.406 e. The maximum absolute atomic E-state index is 4.52. The topological polar surface area (TPSA) is 32.3 Å². The molecule has 0 N–H and O–H groups in total. The first-order chi connectivity index (χ1) is 10.8. The van der Waals surface area contributed by atoms with E-state index in [0.717, 1.165) is 41.0 Å². The van der Waals surface area contributed by atoms with Gasteiger partial charge in [0.2, 0.25) is 0 Å². The molecule has 0 atom stereocenters. The molecular weight excluding hydrogens is 542 g/mol. The second-order valence-corrected chi connectivity index (χ2v) is 6.20. The molecule has 2 heterocycles. The van der Waals surface area contributed by atoms with Crippen molar-refractivity contribution in [2.45, 2.75) is 0 Å². The first-order valence-electron chi connectivity index (χ1n) is 7.17. The Morgan fingerprint density at radius 3 is 2.71 bits per heavy atom. The van der Waals surface area contributed by atoms with Gasteiger partial charge < -0.3 is 17.2 Å². The molecule has 1 aliphatic heterocycles. The Morgan fingerprint density at radius 1 is 1.08 bits per heavy atom. The van der Waals surface area contributed by atoms with Crippen molar-refractivity contribution in [1.29, 1.82) is 0 Å². The molecule has 1 aliphatic rings. The second kappa shape index (κ2) is 8.05. The fourth-order valence-corrected chi connectivity index (χ4v) is 3.18. The Morgan fingerprint density at radius 2 is 1.92 bits per heavy atom. The van der Waals surface area contributed by atoms with Crippen LogP contribution in [0.5, 0.6) is 0 Å². The minimum absolute atomic E-state index is 0. The van der Waals surface area contributed by atoms with Crippen molar-refractivity contribution in [2.75, 3.05) is 29.6 Å². The van der Waals surface area contributed by atoms with Crippen molar-refractivity contribution in [3.8, 4) is 0 Å². The normalized spacial score (nSPS) is 13.5. The van der Waals surface area contributed by atoms with Crippen LogP contribution in [0.15, 0.2) is 53.3 Å². The zero-order valence-electron chi connectivity index (χ0n) is 13.3. The predicted octanol–water partition coefficient (Wildman–Crippen LogP) is 3.92. The van der Waals surface area contributed by atoms with Gasteiger partial charge in [-0.25, -0.2) is 9.97 Å². The SMILES string of the molecule is Brc1ccc2ncnc(N3CCN(c4c[c-]ccc4)C3)c2c1.[CH3-].[Os+]. The van der Waals surface area contributed by atoms with Crippen molar-refractivity contribution in [3.63, 3.8) is 0 Å². The minimum atomic E-state index is 0. The van der Waals surface area contributed by atoms with Gasteiger partial charge in [0.25, 0.3) is 0 Å². The molecule has 3 aromatic rings. The zero-order valence-corrected chi connectivity index (χ0v) is 17.4. The van der Waals surface area contributed by atoms with Gasteiger partial charge >= 0.3 is 19.8 Å². The number of hydrogen-bond donors (Lipinski definition) is 0. The van der Waals surface area contributed by atoms with Gasteiger partial charge in [0.05, 0.1) is 12.2 Å². The third kappa shape index (κ3) is 3.60. The van der Waals surface area contributed by atoms with E-state index in [1.165, 1.54) is 5.69 Å². The van der Waals surface area contributed by atoms with Crippen LogP contribution in [0, 0.1) is 13.5 Å². The van der Waals surface area contributed by atoms with Crippen molar-refractivity contribution in [2.24, 2.45) is 0 Å². The molecule has 1 fully saturated rings. The quantitative estimate of drug-likeness (QED) is 0.446. The van der Waals surface area contributed by atoms with E-state index in [2.05, 4.69) is 53.9 Å². The van der Waals surface area contributed by atoms with Gasteiger partial charge in [0.1, 0.15) is 12.1 Å². The molecular formula is C18H17BrN4Os-. The summed E-state index contributed by atoms with van der Waals surface area (Å²) in [4.78, 5) is 13.5. The van der Waals surface area contributed by atoms with Gasteiger partial charge in [-0.3, -0.25) is 0 Å². The summed E-state index contributed by atoms with van der Waals surface area (Å²) < 4.78 is 1.05.